The first-order valence-electron chi connectivity index (χ1n) is 6.19. The quantitative estimate of drug-likeness (QED) is 0.755. The van der Waals surface area contributed by atoms with Gasteiger partial charge in [-0.25, -0.2) is 0 Å². The van der Waals surface area contributed by atoms with Crippen LogP contribution in [0, 0.1) is 0 Å². The summed E-state index contributed by atoms with van der Waals surface area (Å²) in [4.78, 5) is 13.0. The summed E-state index contributed by atoms with van der Waals surface area (Å²) >= 11 is 0. The van der Waals surface area contributed by atoms with Gasteiger partial charge in [-0.1, -0.05) is 0 Å². The van der Waals surface area contributed by atoms with Crippen molar-refractivity contribution in [3.05, 3.63) is 23.8 Å². The molecule has 0 fully saturated rings. The maximum Gasteiger partial charge on any atom is 0.223 e. The predicted octanol–water partition coefficient (Wildman–Crippen LogP) is 1.27. The lowest BCUT2D eigenvalue weighted by molar-refractivity contribution is -0.128. The van der Waals surface area contributed by atoms with E-state index in [1.807, 2.05) is 18.2 Å². The average Bonchev–Trinajstić information content (AvgIpc) is 2.42. The lowest BCUT2D eigenvalue weighted by Gasteiger charge is -2.11. The van der Waals surface area contributed by atoms with Crippen molar-refractivity contribution >= 4 is 5.91 Å². The molecule has 1 aromatic carbocycles. The van der Waals surface area contributed by atoms with E-state index in [0.717, 1.165) is 17.1 Å². The number of carbonyl (C=O) groups excluding carboxylic acids is 1. The summed E-state index contributed by atoms with van der Waals surface area (Å²) in [6.07, 6.45) is 0.494. The molecule has 0 bridgehead atoms. The molecule has 5 heteroatoms. The Bertz CT molecular complexity index is 397. The molecule has 19 heavy (non-hydrogen) atoms. The zero-order valence-corrected chi connectivity index (χ0v) is 12.0. The summed E-state index contributed by atoms with van der Waals surface area (Å²) in [7, 11) is 6.77. The van der Waals surface area contributed by atoms with Crippen molar-refractivity contribution in [1.82, 2.24) is 10.2 Å². The Balaban J connectivity index is 2.46. The van der Waals surface area contributed by atoms with Gasteiger partial charge in [0.05, 0.1) is 14.2 Å². The number of hydrogen-bond acceptors (Lipinski definition) is 4. The molecule has 106 valence electrons. The van der Waals surface area contributed by atoms with Crippen molar-refractivity contribution in [3.63, 3.8) is 0 Å². The number of ether oxygens (including phenoxy) is 2. The van der Waals surface area contributed by atoms with E-state index in [1.165, 1.54) is 0 Å². The first kappa shape index (κ1) is 15.3. The smallest absolute Gasteiger partial charge is 0.223 e. The average molecular weight is 266 g/mol. The second kappa shape index (κ2) is 7.63. The fraction of sp³-hybridized carbons (Fsp3) is 0.500. The third-order valence-corrected chi connectivity index (χ3v) is 2.75. The molecule has 1 rings (SSSR count). The summed E-state index contributed by atoms with van der Waals surface area (Å²) in [5.41, 5.74) is 1.06. The van der Waals surface area contributed by atoms with Gasteiger partial charge in [0.1, 0.15) is 11.5 Å². The molecule has 0 heterocycles. The number of benzene rings is 1. The van der Waals surface area contributed by atoms with Crippen LogP contribution in [0.3, 0.4) is 0 Å². The van der Waals surface area contributed by atoms with Gasteiger partial charge in [-0.05, 0) is 17.7 Å². The van der Waals surface area contributed by atoms with E-state index < -0.39 is 0 Å². The third kappa shape index (κ3) is 5.18. The highest BCUT2D eigenvalue weighted by molar-refractivity contribution is 5.75. The van der Waals surface area contributed by atoms with E-state index in [-0.39, 0.29) is 5.91 Å². The summed E-state index contributed by atoms with van der Waals surface area (Å²) in [6.45, 7) is 1.32. The second-order valence-electron chi connectivity index (χ2n) is 4.44. The minimum atomic E-state index is 0.121. The molecule has 1 N–H and O–H groups in total. The lowest BCUT2D eigenvalue weighted by atomic mass is 10.2. The maximum absolute atomic E-state index is 11.4. The molecule has 0 spiro atoms. The molecule has 0 aliphatic rings. The molecule has 0 radical (unpaired) electrons. The van der Waals surface area contributed by atoms with Crippen LogP contribution in [0.2, 0.25) is 0 Å². The Morgan fingerprint density at radius 2 is 1.74 bits per heavy atom. The summed E-state index contributed by atoms with van der Waals surface area (Å²) in [6, 6.07) is 5.73. The Hall–Kier alpha value is -1.75. The topological polar surface area (TPSA) is 50.8 Å². The van der Waals surface area contributed by atoms with Gasteiger partial charge < -0.3 is 19.7 Å². The minimum absolute atomic E-state index is 0.121. The minimum Gasteiger partial charge on any atom is -0.497 e. The van der Waals surface area contributed by atoms with E-state index >= 15 is 0 Å². The number of nitrogens with one attached hydrogen (secondary N) is 1. The van der Waals surface area contributed by atoms with Gasteiger partial charge in [0.2, 0.25) is 5.91 Å². The molecule has 0 saturated carbocycles. The molecule has 1 aromatic rings. The van der Waals surface area contributed by atoms with Crippen LogP contribution in [-0.4, -0.2) is 45.7 Å². The molecule has 0 aliphatic heterocycles. The Labute approximate surface area is 114 Å². The molecule has 0 unspecified atom stereocenters. The Morgan fingerprint density at radius 1 is 1.16 bits per heavy atom. The number of amides is 1. The fourth-order valence-electron chi connectivity index (χ4n) is 1.62. The molecular formula is C14H22N2O3. The molecule has 0 aliphatic carbocycles. The van der Waals surface area contributed by atoms with Crippen molar-refractivity contribution in [2.45, 2.75) is 13.0 Å². The van der Waals surface area contributed by atoms with Crippen LogP contribution in [0.15, 0.2) is 18.2 Å². The normalized spacial score (nSPS) is 10.1. The summed E-state index contributed by atoms with van der Waals surface area (Å²) in [5, 5.41) is 3.23. The Morgan fingerprint density at radius 3 is 2.21 bits per heavy atom. The number of nitrogens with zero attached hydrogens (tertiary/aromatic N) is 1. The first-order chi connectivity index (χ1) is 9.06. The number of rotatable bonds is 7. The van der Waals surface area contributed by atoms with Gasteiger partial charge in [0.25, 0.3) is 0 Å². The van der Waals surface area contributed by atoms with Crippen molar-refractivity contribution in [3.8, 4) is 11.5 Å². The highest BCUT2D eigenvalue weighted by Crippen LogP contribution is 2.22. The monoisotopic (exact) mass is 266 g/mol. The molecule has 0 saturated heterocycles. The largest absolute Gasteiger partial charge is 0.497 e. The van der Waals surface area contributed by atoms with Gasteiger partial charge in [-0.15, -0.1) is 0 Å². The van der Waals surface area contributed by atoms with Crippen LogP contribution in [0.5, 0.6) is 11.5 Å². The van der Waals surface area contributed by atoms with E-state index in [0.29, 0.717) is 19.5 Å². The van der Waals surface area contributed by atoms with Gasteiger partial charge in [0, 0.05) is 39.7 Å². The van der Waals surface area contributed by atoms with Crippen molar-refractivity contribution in [2.24, 2.45) is 0 Å². The van der Waals surface area contributed by atoms with E-state index in [1.54, 1.807) is 33.2 Å². The van der Waals surface area contributed by atoms with E-state index in [4.69, 9.17) is 9.47 Å². The van der Waals surface area contributed by atoms with E-state index in [2.05, 4.69) is 5.32 Å². The van der Waals surface area contributed by atoms with Crippen molar-refractivity contribution < 1.29 is 14.3 Å². The highest BCUT2D eigenvalue weighted by atomic mass is 16.5. The Kier molecular flexibility index (Phi) is 6.15. The first-order valence-corrected chi connectivity index (χ1v) is 6.19. The molecule has 5 nitrogen and oxygen atoms in total. The van der Waals surface area contributed by atoms with E-state index in [9.17, 15) is 4.79 Å². The van der Waals surface area contributed by atoms with Crippen LogP contribution in [-0.2, 0) is 11.3 Å². The van der Waals surface area contributed by atoms with Gasteiger partial charge in [-0.2, -0.15) is 0 Å². The second-order valence-corrected chi connectivity index (χ2v) is 4.44. The molecule has 0 atom stereocenters. The van der Waals surface area contributed by atoms with Gasteiger partial charge in [-0.3, -0.25) is 4.79 Å². The standard InChI is InChI=1S/C14H22N2O3/c1-16(2)14(17)5-6-15-10-11-7-12(18-3)9-13(8-11)19-4/h7-9,15H,5-6,10H2,1-4H3. The predicted molar refractivity (Wildman–Crippen MR) is 74.6 cm³/mol. The highest BCUT2D eigenvalue weighted by Gasteiger charge is 2.04. The fourth-order valence-corrected chi connectivity index (χ4v) is 1.62. The summed E-state index contributed by atoms with van der Waals surface area (Å²) in [5.74, 6) is 1.65. The van der Waals surface area contributed by atoms with Crippen LogP contribution >= 0.6 is 0 Å². The summed E-state index contributed by atoms with van der Waals surface area (Å²) < 4.78 is 10.4. The zero-order chi connectivity index (χ0) is 14.3. The van der Waals surface area contributed by atoms with Crippen molar-refractivity contribution in [1.29, 1.82) is 0 Å². The van der Waals surface area contributed by atoms with Gasteiger partial charge in [0.15, 0.2) is 0 Å². The number of methoxy groups -OCH3 is 2. The number of carbonyl (C=O) groups is 1. The van der Waals surface area contributed by atoms with Gasteiger partial charge >= 0.3 is 0 Å². The maximum atomic E-state index is 11.4. The molecule has 1 amide bonds. The zero-order valence-electron chi connectivity index (χ0n) is 12.0. The molecular weight excluding hydrogens is 244 g/mol. The van der Waals surface area contributed by atoms with Crippen LogP contribution in [0.4, 0.5) is 0 Å². The third-order valence-electron chi connectivity index (χ3n) is 2.75. The SMILES string of the molecule is COc1cc(CNCCC(=O)N(C)C)cc(OC)c1. The van der Waals surface area contributed by atoms with Crippen LogP contribution in [0.1, 0.15) is 12.0 Å². The lowest BCUT2D eigenvalue weighted by Crippen LogP contribution is -2.26. The van der Waals surface area contributed by atoms with Crippen LogP contribution in [0.25, 0.3) is 0 Å². The van der Waals surface area contributed by atoms with Crippen molar-refractivity contribution in [2.75, 3.05) is 34.9 Å². The number of hydrogen-bond donors (Lipinski definition) is 1. The molecule has 0 aromatic heterocycles. The van der Waals surface area contributed by atoms with Crippen LogP contribution < -0.4 is 14.8 Å².